The molecule has 0 aliphatic rings. The number of aromatic amines is 1. The van der Waals surface area contributed by atoms with Crippen molar-refractivity contribution in [1.29, 1.82) is 0 Å². The van der Waals surface area contributed by atoms with Gasteiger partial charge in [0.25, 0.3) is 6.47 Å². The Morgan fingerprint density at radius 1 is 1.33 bits per heavy atom. The maximum absolute atomic E-state index is 9.60. The van der Waals surface area contributed by atoms with E-state index in [1.54, 1.807) is 17.2 Å². The van der Waals surface area contributed by atoms with Crippen molar-refractivity contribution in [3.05, 3.63) is 37.2 Å². The van der Waals surface area contributed by atoms with Crippen LogP contribution in [0.5, 0.6) is 0 Å². The summed E-state index contributed by atoms with van der Waals surface area (Å²) in [6, 6.07) is 3.88. The molecule has 3 rings (SSSR count). The van der Waals surface area contributed by atoms with Crippen molar-refractivity contribution in [3.8, 4) is 5.69 Å². The molecule has 0 saturated heterocycles. The Hall–Kier alpha value is -2.70. The first-order valence-electron chi connectivity index (χ1n) is 6.40. The second kappa shape index (κ2) is 6.17. The van der Waals surface area contributed by atoms with Gasteiger partial charge < -0.3 is 9.72 Å². The minimum atomic E-state index is -0.318. The lowest BCUT2D eigenvalue weighted by Crippen LogP contribution is -2.17. The fraction of sp³-hybridized carbons (Fsp3) is 0.286. The van der Waals surface area contributed by atoms with Crippen LogP contribution in [0.15, 0.2) is 37.2 Å². The van der Waals surface area contributed by atoms with E-state index in [1.807, 2.05) is 39.1 Å². The second-order valence-electron chi connectivity index (χ2n) is 5.24. The normalized spacial score (nSPS) is 10.8. The molecule has 7 heteroatoms. The van der Waals surface area contributed by atoms with Gasteiger partial charge in [-0.15, -0.1) is 0 Å². The summed E-state index contributed by atoms with van der Waals surface area (Å²) in [5.74, 6) is 0. The standard InChI is InChI=1S/C9H7N5.C5H10O2/c1-3-11-9-7(1)8(2-4-12-9)14-6-10-5-13-14;1-5(2,3)7-4-6/h1-6H,(H,11,12);4H,1-3H3. The lowest BCUT2D eigenvalue weighted by atomic mass is 10.2. The van der Waals surface area contributed by atoms with E-state index in [0.717, 1.165) is 16.7 Å². The number of ether oxygens (including phenoxy) is 1. The van der Waals surface area contributed by atoms with Crippen molar-refractivity contribution in [2.45, 2.75) is 26.4 Å². The largest absolute Gasteiger partial charge is 0.462 e. The Morgan fingerprint density at radius 3 is 2.71 bits per heavy atom. The molecule has 0 radical (unpaired) electrons. The Kier molecular flexibility index (Phi) is 4.32. The van der Waals surface area contributed by atoms with Crippen LogP contribution in [0.2, 0.25) is 0 Å². The van der Waals surface area contributed by atoms with E-state index in [4.69, 9.17) is 0 Å². The number of carbonyl (C=O) groups excluding carboxylic acids is 1. The molecule has 0 aliphatic carbocycles. The van der Waals surface area contributed by atoms with Crippen molar-refractivity contribution in [2.24, 2.45) is 0 Å². The Balaban J connectivity index is 0.000000199. The molecule has 0 spiro atoms. The highest BCUT2D eigenvalue weighted by molar-refractivity contribution is 5.84. The molecule has 0 unspecified atom stereocenters. The number of fused-ring (bicyclic) bond motifs is 1. The summed E-state index contributed by atoms with van der Waals surface area (Å²) in [6.45, 7) is 5.92. The SMILES string of the molecule is CC(C)(C)OC=O.c1cc(-n2cncn2)c2cc[nH]c2n1. The molecule has 0 bridgehead atoms. The molecule has 0 amide bonds. The first-order valence-corrected chi connectivity index (χ1v) is 6.40. The molecule has 7 nitrogen and oxygen atoms in total. The number of pyridine rings is 1. The number of carbonyl (C=O) groups is 1. The van der Waals surface area contributed by atoms with E-state index >= 15 is 0 Å². The van der Waals surface area contributed by atoms with Crippen molar-refractivity contribution in [2.75, 3.05) is 0 Å². The van der Waals surface area contributed by atoms with Crippen molar-refractivity contribution < 1.29 is 9.53 Å². The fourth-order valence-corrected chi connectivity index (χ4v) is 1.62. The van der Waals surface area contributed by atoms with Crippen molar-refractivity contribution in [1.82, 2.24) is 24.7 Å². The third kappa shape index (κ3) is 3.88. The number of nitrogens with one attached hydrogen (secondary N) is 1. The lowest BCUT2D eigenvalue weighted by Gasteiger charge is -2.14. The van der Waals surface area contributed by atoms with Gasteiger partial charge >= 0.3 is 0 Å². The minimum absolute atomic E-state index is 0.318. The number of hydrogen-bond acceptors (Lipinski definition) is 5. The smallest absolute Gasteiger partial charge is 0.293 e. The minimum Gasteiger partial charge on any atom is -0.462 e. The van der Waals surface area contributed by atoms with Gasteiger partial charge in [-0.3, -0.25) is 4.79 Å². The molecule has 0 aliphatic heterocycles. The molecule has 3 heterocycles. The van der Waals surface area contributed by atoms with Gasteiger partial charge in [0.1, 0.15) is 23.9 Å². The van der Waals surface area contributed by atoms with Gasteiger partial charge in [-0.1, -0.05) is 0 Å². The molecule has 3 aromatic rings. The van der Waals surface area contributed by atoms with Crippen LogP contribution in [0.1, 0.15) is 20.8 Å². The van der Waals surface area contributed by atoms with Crippen LogP contribution in [-0.4, -0.2) is 36.8 Å². The first kappa shape index (κ1) is 14.7. The highest BCUT2D eigenvalue weighted by Crippen LogP contribution is 2.17. The number of H-pyrrole nitrogens is 1. The average Bonchev–Trinajstić information content (AvgIpc) is 3.09. The number of rotatable bonds is 2. The molecule has 21 heavy (non-hydrogen) atoms. The number of hydrogen-bond donors (Lipinski definition) is 1. The topological polar surface area (TPSA) is 85.7 Å². The second-order valence-corrected chi connectivity index (χ2v) is 5.24. The zero-order chi connectivity index (χ0) is 15.3. The first-order chi connectivity index (χ1) is 10.0. The van der Waals surface area contributed by atoms with Gasteiger partial charge in [0.2, 0.25) is 0 Å². The molecule has 0 saturated carbocycles. The highest BCUT2D eigenvalue weighted by atomic mass is 16.5. The maximum atomic E-state index is 9.60. The number of nitrogens with zero attached hydrogens (tertiary/aromatic N) is 4. The lowest BCUT2D eigenvalue weighted by molar-refractivity contribution is -0.138. The zero-order valence-electron chi connectivity index (χ0n) is 12.1. The Labute approximate surface area is 122 Å². The van der Waals surface area contributed by atoms with Gasteiger partial charge in [-0.2, -0.15) is 5.10 Å². The van der Waals surface area contributed by atoms with E-state index < -0.39 is 0 Å². The van der Waals surface area contributed by atoms with E-state index in [1.165, 1.54) is 6.33 Å². The van der Waals surface area contributed by atoms with E-state index in [0.29, 0.717) is 6.47 Å². The Morgan fingerprint density at radius 2 is 2.14 bits per heavy atom. The summed E-state index contributed by atoms with van der Waals surface area (Å²) >= 11 is 0. The van der Waals surface area contributed by atoms with Gasteiger partial charge in [0, 0.05) is 17.8 Å². The molecular formula is C14H17N5O2. The summed E-state index contributed by atoms with van der Waals surface area (Å²) in [4.78, 5) is 20.8. The average molecular weight is 287 g/mol. The van der Waals surface area contributed by atoms with Crippen LogP contribution in [0, 0.1) is 0 Å². The summed E-state index contributed by atoms with van der Waals surface area (Å²) in [5, 5.41) is 5.12. The van der Waals surface area contributed by atoms with Gasteiger partial charge in [-0.25, -0.2) is 14.6 Å². The van der Waals surface area contributed by atoms with Crippen molar-refractivity contribution >= 4 is 17.5 Å². The Bertz CT molecular complexity index is 698. The van der Waals surface area contributed by atoms with Crippen LogP contribution >= 0.6 is 0 Å². The van der Waals surface area contributed by atoms with E-state index in [-0.39, 0.29) is 5.60 Å². The van der Waals surface area contributed by atoms with Crippen LogP contribution < -0.4 is 0 Å². The zero-order valence-corrected chi connectivity index (χ0v) is 12.1. The van der Waals surface area contributed by atoms with Crippen LogP contribution in [-0.2, 0) is 9.53 Å². The van der Waals surface area contributed by atoms with Gasteiger partial charge in [0.05, 0.1) is 5.69 Å². The predicted octanol–water partition coefficient (Wildman–Crippen LogP) is 2.10. The summed E-state index contributed by atoms with van der Waals surface area (Å²) in [6.07, 6.45) is 6.79. The van der Waals surface area contributed by atoms with Crippen LogP contribution in [0.3, 0.4) is 0 Å². The maximum Gasteiger partial charge on any atom is 0.293 e. The monoisotopic (exact) mass is 287 g/mol. The predicted molar refractivity (Wildman–Crippen MR) is 77.9 cm³/mol. The third-order valence-electron chi connectivity index (χ3n) is 2.50. The van der Waals surface area contributed by atoms with Crippen LogP contribution in [0.25, 0.3) is 16.7 Å². The molecule has 0 fully saturated rings. The fourth-order valence-electron chi connectivity index (χ4n) is 1.62. The molecule has 110 valence electrons. The summed E-state index contributed by atoms with van der Waals surface area (Å²) in [7, 11) is 0. The van der Waals surface area contributed by atoms with E-state index in [9.17, 15) is 4.79 Å². The number of aromatic nitrogens is 5. The van der Waals surface area contributed by atoms with E-state index in [2.05, 4.69) is 24.8 Å². The van der Waals surface area contributed by atoms with Crippen LogP contribution in [0.4, 0.5) is 0 Å². The molecule has 3 aromatic heterocycles. The summed E-state index contributed by atoms with van der Waals surface area (Å²) in [5.41, 5.74) is 1.52. The third-order valence-corrected chi connectivity index (χ3v) is 2.50. The highest BCUT2D eigenvalue weighted by Gasteiger charge is 2.07. The van der Waals surface area contributed by atoms with Gasteiger partial charge in [0.15, 0.2) is 0 Å². The summed E-state index contributed by atoms with van der Waals surface area (Å²) < 4.78 is 6.27. The molecular weight excluding hydrogens is 270 g/mol. The molecule has 1 N–H and O–H groups in total. The van der Waals surface area contributed by atoms with Gasteiger partial charge in [-0.05, 0) is 32.9 Å². The molecule has 0 atom stereocenters. The quantitative estimate of drug-likeness (QED) is 0.729. The van der Waals surface area contributed by atoms with Crippen molar-refractivity contribution in [3.63, 3.8) is 0 Å². The molecule has 0 aromatic carbocycles.